The summed E-state index contributed by atoms with van der Waals surface area (Å²) in [4.78, 5) is 13.2. The lowest BCUT2D eigenvalue weighted by molar-refractivity contribution is -0.137. The van der Waals surface area contributed by atoms with Crippen LogP contribution in [-0.2, 0) is 6.18 Å². The molecule has 0 aliphatic carbocycles. The Kier molecular flexibility index (Phi) is 6.26. The smallest absolute Gasteiger partial charge is 0.416 e. The second kappa shape index (κ2) is 9.52. The molecule has 7 nitrogen and oxygen atoms in total. The van der Waals surface area contributed by atoms with Crippen LogP contribution >= 0.6 is 0 Å². The number of hydrogen-bond acceptors (Lipinski definition) is 6. The van der Waals surface area contributed by atoms with E-state index in [9.17, 15) is 13.2 Å². The molecule has 0 bridgehead atoms. The zero-order valence-corrected chi connectivity index (χ0v) is 19.9. The Labute approximate surface area is 206 Å². The van der Waals surface area contributed by atoms with E-state index in [4.69, 9.17) is 9.72 Å². The van der Waals surface area contributed by atoms with E-state index >= 15 is 0 Å². The Balaban J connectivity index is 1.31. The van der Waals surface area contributed by atoms with Crippen molar-refractivity contribution in [3.05, 3.63) is 78.2 Å². The number of alkyl halides is 3. The SMILES string of the molecule is COc1ccc(-n2cc(-c3ccnc(N4CCN(c5cccc(C(F)(F)F)c5)CC4)n3)c(C)n2)cc1. The molecule has 10 heteroatoms. The highest BCUT2D eigenvalue weighted by molar-refractivity contribution is 5.63. The largest absolute Gasteiger partial charge is 0.497 e. The number of rotatable bonds is 5. The third-order valence-corrected chi connectivity index (χ3v) is 6.26. The summed E-state index contributed by atoms with van der Waals surface area (Å²) in [6.07, 6.45) is -0.693. The van der Waals surface area contributed by atoms with Gasteiger partial charge < -0.3 is 14.5 Å². The van der Waals surface area contributed by atoms with Gasteiger partial charge in [0, 0.05) is 49.8 Å². The standard InChI is InChI=1S/C26H25F3N6O/c1-18-23(17-35(32-18)20-6-8-22(36-2)9-7-20)24-10-11-30-25(31-24)34-14-12-33(13-15-34)21-5-3-4-19(16-21)26(27,28)29/h3-11,16-17H,12-15H2,1-2H3. The number of aryl methyl sites for hydroxylation is 1. The van der Waals surface area contributed by atoms with Gasteiger partial charge in [0.25, 0.3) is 0 Å². The van der Waals surface area contributed by atoms with Crippen LogP contribution in [-0.4, -0.2) is 53.0 Å². The highest BCUT2D eigenvalue weighted by Gasteiger charge is 2.31. The number of ether oxygens (including phenoxy) is 1. The molecular weight excluding hydrogens is 469 g/mol. The quantitative estimate of drug-likeness (QED) is 0.390. The summed E-state index contributed by atoms with van der Waals surface area (Å²) in [5, 5.41) is 4.64. The fraction of sp³-hybridized carbons (Fsp3) is 0.269. The first kappa shape index (κ1) is 23.7. The molecule has 2 aromatic heterocycles. The van der Waals surface area contributed by atoms with Gasteiger partial charge in [0.15, 0.2) is 0 Å². The summed E-state index contributed by atoms with van der Waals surface area (Å²) in [6.45, 7) is 4.28. The highest BCUT2D eigenvalue weighted by Crippen LogP contribution is 2.32. The second-order valence-corrected chi connectivity index (χ2v) is 8.53. The van der Waals surface area contributed by atoms with E-state index in [0.29, 0.717) is 37.8 Å². The van der Waals surface area contributed by atoms with E-state index < -0.39 is 11.7 Å². The summed E-state index contributed by atoms with van der Waals surface area (Å²) >= 11 is 0. The molecule has 3 heterocycles. The first-order valence-corrected chi connectivity index (χ1v) is 11.5. The average molecular weight is 495 g/mol. The summed E-state index contributed by atoms with van der Waals surface area (Å²) in [5.41, 5.74) is 3.34. The summed E-state index contributed by atoms with van der Waals surface area (Å²) in [7, 11) is 1.63. The highest BCUT2D eigenvalue weighted by atomic mass is 19.4. The van der Waals surface area contributed by atoms with Gasteiger partial charge in [0.05, 0.1) is 29.7 Å². The van der Waals surface area contributed by atoms with Gasteiger partial charge in [0.2, 0.25) is 5.95 Å². The van der Waals surface area contributed by atoms with Crippen molar-refractivity contribution < 1.29 is 17.9 Å². The predicted molar refractivity (Wildman–Crippen MR) is 132 cm³/mol. The van der Waals surface area contributed by atoms with Crippen LogP contribution in [0.3, 0.4) is 0 Å². The van der Waals surface area contributed by atoms with Gasteiger partial charge in [-0.05, 0) is 55.5 Å². The van der Waals surface area contributed by atoms with Crippen LogP contribution in [0, 0.1) is 6.92 Å². The molecule has 0 amide bonds. The monoisotopic (exact) mass is 494 g/mol. The maximum atomic E-state index is 13.1. The fourth-order valence-electron chi connectivity index (χ4n) is 4.27. The summed E-state index contributed by atoms with van der Waals surface area (Å²) in [6, 6.07) is 15.0. The Morgan fingerprint density at radius 1 is 0.889 bits per heavy atom. The van der Waals surface area contributed by atoms with Crippen LogP contribution in [0.1, 0.15) is 11.3 Å². The zero-order valence-electron chi connectivity index (χ0n) is 19.9. The van der Waals surface area contributed by atoms with Crippen molar-refractivity contribution in [2.45, 2.75) is 13.1 Å². The summed E-state index contributed by atoms with van der Waals surface area (Å²) < 4.78 is 46.3. The lowest BCUT2D eigenvalue weighted by Gasteiger charge is -2.36. The van der Waals surface area contributed by atoms with E-state index in [2.05, 4.69) is 15.0 Å². The molecule has 4 aromatic rings. The van der Waals surface area contributed by atoms with Gasteiger partial charge >= 0.3 is 6.18 Å². The van der Waals surface area contributed by atoms with Crippen LogP contribution in [0.15, 0.2) is 67.0 Å². The molecule has 1 aliphatic heterocycles. The number of nitrogens with zero attached hydrogens (tertiary/aromatic N) is 6. The van der Waals surface area contributed by atoms with Crippen molar-refractivity contribution in [2.24, 2.45) is 0 Å². The molecule has 1 saturated heterocycles. The Bertz CT molecular complexity index is 1340. The van der Waals surface area contributed by atoms with E-state index in [1.807, 2.05) is 48.4 Å². The Hall–Kier alpha value is -4.08. The molecule has 0 saturated carbocycles. The number of piperazine rings is 1. The molecule has 186 valence electrons. The minimum atomic E-state index is -4.36. The van der Waals surface area contributed by atoms with E-state index in [-0.39, 0.29) is 0 Å². The molecule has 0 atom stereocenters. The van der Waals surface area contributed by atoms with E-state index in [1.54, 1.807) is 24.1 Å². The Morgan fingerprint density at radius 3 is 2.31 bits per heavy atom. The molecule has 36 heavy (non-hydrogen) atoms. The van der Waals surface area contributed by atoms with Gasteiger partial charge in [-0.3, -0.25) is 0 Å². The number of anilines is 2. The van der Waals surface area contributed by atoms with Gasteiger partial charge in [-0.2, -0.15) is 18.3 Å². The van der Waals surface area contributed by atoms with Crippen molar-refractivity contribution in [2.75, 3.05) is 43.1 Å². The molecule has 0 N–H and O–H groups in total. The van der Waals surface area contributed by atoms with Crippen molar-refractivity contribution in [1.82, 2.24) is 19.7 Å². The minimum absolute atomic E-state index is 0.570. The number of halogens is 3. The average Bonchev–Trinajstić information content (AvgIpc) is 3.30. The van der Waals surface area contributed by atoms with Crippen LogP contribution < -0.4 is 14.5 Å². The molecular formula is C26H25F3N6O. The first-order valence-electron chi connectivity index (χ1n) is 11.5. The second-order valence-electron chi connectivity index (χ2n) is 8.53. The topological polar surface area (TPSA) is 59.3 Å². The lowest BCUT2D eigenvalue weighted by atomic mass is 10.1. The molecule has 2 aromatic carbocycles. The molecule has 0 spiro atoms. The number of methoxy groups -OCH3 is 1. The van der Waals surface area contributed by atoms with Crippen molar-refractivity contribution >= 4 is 11.6 Å². The number of hydrogen-bond donors (Lipinski definition) is 0. The maximum absolute atomic E-state index is 13.1. The fourth-order valence-corrected chi connectivity index (χ4v) is 4.27. The third kappa shape index (κ3) is 4.84. The zero-order chi connectivity index (χ0) is 25.3. The van der Waals surface area contributed by atoms with Gasteiger partial charge in [-0.15, -0.1) is 0 Å². The minimum Gasteiger partial charge on any atom is -0.497 e. The first-order chi connectivity index (χ1) is 17.3. The van der Waals surface area contributed by atoms with Gasteiger partial charge in [0.1, 0.15) is 5.75 Å². The van der Waals surface area contributed by atoms with Crippen LogP contribution in [0.2, 0.25) is 0 Å². The Morgan fingerprint density at radius 2 is 1.61 bits per heavy atom. The van der Waals surface area contributed by atoms with E-state index in [0.717, 1.165) is 34.5 Å². The maximum Gasteiger partial charge on any atom is 0.416 e. The summed E-state index contributed by atoms with van der Waals surface area (Å²) in [5.74, 6) is 1.37. The van der Waals surface area contributed by atoms with Crippen LogP contribution in [0.5, 0.6) is 5.75 Å². The molecule has 1 fully saturated rings. The molecule has 0 unspecified atom stereocenters. The van der Waals surface area contributed by atoms with Crippen molar-refractivity contribution in [3.8, 4) is 22.7 Å². The molecule has 0 radical (unpaired) electrons. The number of benzene rings is 2. The normalized spacial score (nSPS) is 14.2. The van der Waals surface area contributed by atoms with Gasteiger partial charge in [-0.1, -0.05) is 6.07 Å². The van der Waals surface area contributed by atoms with E-state index in [1.165, 1.54) is 12.1 Å². The van der Waals surface area contributed by atoms with Gasteiger partial charge in [-0.25, -0.2) is 14.6 Å². The molecule has 5 rings (SSSR count). The third-order valence-electron chi connectivity index (χ3n) is 6.26. The lowest BCUT2D eigenvalue weighted by Crippen LogP contribution is -2.47. The van der Waals surface area contributed by atoms with Crippen molar-refractivity contribution in [1.29, 1.82) is 0 Å². The van der Waals surface area contributed by atoms with Crippen LogP contribution in [0.4, 0.5) is 24.8 Å². The number of aromatic nitrogens is 4. The van der Waals surface area contributed by atoms with Crippen molar-refractivity contribution in [3.63, 3.8) is 0 Å². The predicted octanol–water partition coefficient (Wildman–Crippen LogP) is 4.99. The molecule has 1 aliphatic rings. The van der Waals surface area contributed by atoms with Crippen LogP contribution in [0.25, 0.3) is 16.9 Å².